The molecule has 3 nitrogen and oxygen atoms in total. The van der Waals surface area contributed by atoms with Crippen LogP contribution in [0.2, 0.25) is 10.0 Å². The van der Waals surface area contributed by atoms with E-state index in [4.69, 9.17) is 28.9 Å². The van der Waals surface area contributed by atoms with Crippen LogP contribution in [0.3, 0.4) is 0 Å². The minimum atomic E-state index is -0.0100. The minimum Gasteiger partial charge on any atom is -0.327 e. The lowest BCUT2D eigenvalue weighted by Crippen LogP contribution is -2.26. The van der Waals surface area contributed by atoms with Crippen LogP contribution < -0.4 is 5.73 Å². The topological polar surface area (TPSA) is 43.8 Å². The number of hydrogen-bond acceptors (Lipinski definition) is 2. The van der Waals surface area contributed by atoms with Crippen LogP contribution in [0.25, 0.3) is 0 Å². The molecule has 0 amide bonds. The number of hydrogen-bond donors (Lipinski definition) is 1. The molecule has 0 saturated heterocycles. The lowest BCUT2D eigenvalue weighted by molar-refractivity contribution is 0.521. The van der Waals surface area contributed by atoms with Gasteiger partial charge in [-0.05, 0) is 44.0 Å². The van der Waals surface area contributed by atoms with E-state index >= 15 is 0 Å². The summed E-state index contributed by atoms with van der Waals surface area (Å²) in [6, 6.07) is 7.89. The molecule has 0 bridgehead atoms. The number of aromatic nitrogens is 2. The van der Waals surface area contributed by atoms with Crippen molar-refractivity contribution in [1.29, 1.82) is 0 Å². The molecular weight excluding hydrogens is 293 g/mol. The molecule has 1 atom stereocenters. The molecule has 0 spiro atoms. The molecule has 2 aromatic rings. The second-order valence-corrected chi connectivity index (χ2v) is 6.13. The zero-order valence-electron chi connectivity index (χ0n) is 11.7. The molecule has 1 aromatic carbocycles. The Bertz CT molecular complexity index is 578. The molecular formula is C15H19Cl2N3. The van der Waals surface area contributed by atoms with Crippen LogP contribution in [0, 0.1) is 0 Å². The van der Waals surface area contributed by atoms with Crippen molar-refractivity contribution in [3.63, 3.8) is 0 Å². The Kier molecular flexibility index (Phi) is 5.08. The summed E-state index contributed by atoms with van der Waals surface area (Å²) in [7, 11) is 0. The highest BCUT2D eigenvalue weighted by atomic mass is 35.5. The van der Waals surface area contributed by atoms with Crippen LogP contribution >= 0.6 is 23.2 Å². The van der Waals surface area contributed by atoms with Crippen LogP contribution in [-0.2, 0) is 12.8 Å². The molecule has 108 valence electrons. The van der Waals surface area contributed by atoms with Gasteiger partial charge in [0.15, 0.2) is 0 Å². The monoisotopic (exact) mass is 311 g/mol. The third-order valence-corrected chi connectivity index (χ3v) is 3.75. The third kappa shape index (κ3) is 3.98. The molecule has 0 saturated carbocycles. The van der Waals surface area contributed by atoms with Crippen molar-refractivity contribution in [3.8, 4) is 0 Å². The summed E-state index contributed by atoms with van der Waals surface area (Å²) in [6.45, 7) is 4.20. The van der Waals surface area contributed by atoms with Gasteiger partial charge in [-0.15, -0.1) is 0 Å². The Balaban J connectivity index is 1.99. The Hall–Kier alpha value is -1.03. The number of nitrogens with zero attached hydrogens (tertiary/aromatic N) is 2. The lowest BCUT2D eigenvalue weighted by atomic mass is 10.0. The van der Waals surface area contributed by atoms with Crippen LogP contribution in [-0.4, -0.2) is 15.8 Å². The fraction of sp³-hybridized carbons (Fsp3) is 0.400. The Morgan fingerprint density at radius 2 is 1.95 bits per heavy atom. The molecule has 5 heteroatoms. The Morgan fingerprint density at radius 1 is 1.20 bits per heavy atom. The van der Waals surface area contributed by atoms with Gasteiger partial charge in [0.2, 0.25) is 0 Å². The molecule has 0 aliphatic rings. The van der Waals surface area contributed by atoms with Gasteiger partial charge in [-0.25, -0.2) is 0 Å². The average molecular weight is 312 g/mol. The Labute approximate surface area is 129 Å². The standard InChI is InChI=1S/C15H19Cl2N3/c1-10(2)20-6-5-14(19-20)9-13(18)7-11-3-4-12(16)8-15(11)17/h3-6,8,10,13H,7,9,18H2,1-2H3. The molecule has 0 radical (unpaired) electrons. The van der Waals surface area contributed by atoms with Gasteiger partial charge in [0, 0.05) is 34.7 Å². The first-order valence-electron chi connectivity index (χ1n) is 6.69. The van der Waals surface area contributed by atoms with Crippen molar-refractivity contribution in [2.75, 3.05) is 0 Å². The van der Waals surface area contributed by atoms with Gasteiger partial charge in [-0.2, -0.15) is 5.10 Å². The predicted octanol–water partition coefficient (Wildman–Crippen LogP) is 3.88. The maximum atomic E-state index is 6.19. The van der Waals surface area contributed by atoms with Gasteiger partial charge in [0.05, 0.1) is 5.69 Å². The van der Waals surface area contributed by atoms with Crippen LogP contribution in [0.15, 0.2) is 30.5 Å². The normalized spacial score (nSPS) is 12.9. The largest absolute Gasteiger partial charge is 0.327 e. The highest BCUT2D eigenvalue weighted by molar-refractivity contribution is 6.35. The van der Waals surface area contributed by atoms with E-state index in [2.05, 4.69) is 18.9 Å². The summed E-state index contributed by atoms with van der Waals surface area (Å²) in [6.07, 6.45) is 3.44. The zero-order valence-corrected chi connectivity index (χ0v) is 13.2. The van der Waals surface area contributed by atoms with Crippen molar-refractivity contribution in [3.05, 3.63) is 51.8 Å². The summed E-state index contributed by atoms with van der Waals surface area (Å²) in [4.78, 5) is 0. The van der Waals surface area contributed by atoms with E-state index in [0.29, 0.717) is 22.5 Å². The van der Waals surface area contributed by atoms with Gasteiger partial charge in [0.25, 0.3) is 0 Å². The third-order valence-electron chi connectivity index (χ3n) is 3.16. The quantitative estimate of drug-likeness (QED) is 0.910. The number of nitrogens with two attached hydrogens (primary N) is 1. The van der Waals surface area contributed by atoms with Gasteiger partial charge in [-0.1, -0.05) is 29.3 Å². The van der Waals surface area contributed by atoms with Gasteiger partial charge in [-0.3, -0.25) is 4.68 Å². The first kappa shape index (κ1) is 15.4. The van der Waals surface area contributed by atoms with Crippen LogP contribution in [0.4, 0.5) is 0 Å². The second-order valence-electron chi connectivity index (χ2n) is 5.28. The van der Waals surface area contributed by atoms with Crippen molar-refractivity contribution in [2.45, 2.75) is 38.8 Å². The maximum absolute atomic E-state index is 6.19. The highest BCUT2D eigenvalue weighted by Crippen LogP contribution is 2.22. The van der Waals surface area contributed by atoms with E-state index < -0.39 is 0 Å². The van der Waals surface area contributed by atoms with Crippen molar-refractivity contribution in [1.82, 2.24) is 9.78 Å². The average Bonchev–Trinajstić information content (AvgIpc) is 2.81. The molecule has 1 heterocycles. The summed E-state index contributed by atoms with van der Waals surface area (Å²) in [5.41, 5.74) is 8.22. The summed E-state index contributed by atoms with van der Waals surface area (Å²) in [5, 5.41) is 5.82. The van der Waals surface area contributed by atoms with Gasteiger partial charge in [0.1, 0.15) is 0 Å². The first-order valence-corrected chi connectivity index (χ1v) is 7.45. The van der Waals surface area contributed by atoms with Crippen molar-refractivity contribution >= 4 is 23.2 Å². The number of halogens is 2. The lowest BCUT2D eigenvalue weighted by Gasteiger charge is -2.12. The molecule has 20 heavy (non-hydrogen) atoms. The Morgan fingerprint density at radius 3 is 2.55 bits per heavy atom. The molecule has 0 aliphatic heterocycles. The number of benzene rings is 1. The molecule has 1 aromatic heterocycles. The first-order chi connectivity index (χ1) is 9.45. The fourth-order valence-electron chi connectivity index (χ4n) is 2.08. The second kappa shape index (κ2) is 6.61. The van der Waals surface area contributed by atoms with Crippen LogP contribution in [0.5, 0.6) is 0 Å². The van der Waals surface area contributed by atoms with E-state index in [1.165, 1.54) is 0 Å². The molecule has 0 aliphatic carbocycles. The fourth-order valence-corrected chi connectivity index (χ4v) is 2.57. The summed E-state index contributed by atoms with van der Waals surface area (Å²) in [5.74, 6) is 0. The van der Waals surface area contributed by atoms with Gasteiger partial charge >= 0.3 is 0 Å². The van der Waals surface area contributed by atoms with Crippen LogP contribution in [0.1, 0.15) is 31.1 Å². The van der Waals surface area contributed by atoms with E-state index in [9.17, 15) is 0 Å². The van der Waals surface area contributed by atoms with Crippen molar-refractivity contribution < 1.29 is 0 Å². The molecule has 2 N–H and O–H groups in total. The SMILES string of the molecule is CC(C)n1ccc(CC(N)Cc2ccc(Cl)cc2Cl)n1. The highest BCUT2D eigenvalue weighted by Gasteiger charge is 2.11. The smallest absolute Gasteiger partial charge is 0.0640 e. The van der Waals surface area contributed by atoms with E-state index in [1.54, 1.807) is 6.07 Å². The molecule has 0 fully saturated rings. The maximum Gasteiger partial charge on any atom is 0.0640 e. The molecule has 2 rings (SSSR count). The molecule has 1 unspecified atom stereocenters. The minimum absolute atomic E-state index is 0.0100. The summed E-state index contributed by atoms with van der Waals surface area (Å²) < 4.78 is 1.94. The number of rotatable bonds is 5. The van der Waals surface area contributed by atoms with E-state index in [0.717, 1.165) is 17.7 Å². The van der Waals surface area contributed by atoms with Crippen molar-refractivity contribution in [2.24, 2.45) is 5.73 Å². The van der Waals surface area contributed by atoms with E-state index in [-0.39, 0.29) is 6.04 Å². The van der Waals surface area contributed by atoms with Gasteiger partial charge < -0.3 is 5.73 Å². The zero-order chi connectivity index (χ0) is 14.7. The summed E-state index contributed by atoms with van der Waals surface area (Å²) >= 11 is 12.0. The van der Waals surface area contributed by atoms with E-state index in [1.807, 2.05) is 29.1 Å². The predicted molar refractivity (Wildman–Crippen MR) is 84.5 cm³/mol.